The van der Waals surface area contributed by atoms with Crippen molar-refractivity contribution in [3.63, 3.8) is 0 Å². The van der Waals surface area contributed by atoms with Gasteiger partial charge in [0, 0.05) is 38.3 Å². The van der Waals surface area contributed by atoms with Gasteiger partial charge in [0.15, 0.2) is 11.5 Å². The molecule has 1 heterocycles. The molecule has 1 amide bonds. The molecule has 0 spiro atoms. The van der Waals surface area contributed by atoms with Crippen molar-refractivity contribution in [1.82, 2.24) is 9.80 Å². The second-order valence-electron chi connectivity index (χ2n) is 7.60. The summed E-state index contributed by atoms with van der Waals surface area (Å²) in [6.07, 6.45) is 0. The summed E-state index contributed by atoms with van der Waals surface area (Å²) in [5.41, 5.74) is 3.22. The van der Waals surface area contributed by atoms with Gasteiger partial charge < -0.3 is 19.1 Å². The van der Waals surface area contributed by atoms with Crippen LogP contribution >= 0.6 is 0 Å². The molecule has 168 valence electrons. The highest BCUT2D eigenvalue weighted by molar-refractivity contribution is 5.95. The Morgan fingerprint density at radius 1 is 0.871 bits per heavy atom. The van der Waals surface area contributed by atoms with Gasteiger partial charge in [0.25, 0.3) is 5.91 Å². The van der Waals surface area contributed by atoms with Gasteiger partial charge in [0.05, 0.1) is 19.8 Å². The Kier molecular flexibility index (Phi) is 8.18. The van der Waals surface area contributed by atoms with E-state index in [2.05, 4.69) is 36.1 Å². The van der Waals surface area contributed by atoms with E-state index in [9.17, 15) is 4.79 Å². The number of rotatable bonds is 9. The van der Waals surface area contributed by atoms with Crippen LogP contribution in [0, 0.1) is 6.92 Å². The van der Waals surface area contributed by atoms with Crippen molar-refractivity contribution in [2.45, 2.75) is 34.2 Å². The summed E-state index contributed by atoms with van der Waals surface area (Å²) >= 11 is 0. The molecule has 1 aliphatic heterocycles. The lowest BCUT2D eigenvalue weighted by atomic mass is 10.1. The van der Waals surface area contributed by atoms with E-state index in [0.717, 1.165) is 19.6 Å². The van der Waals surface area contributed by atoms with Gasteiger partial charge in [-0.3, -0.25) is 9.69 Å². The molecule has 0 atom stereocenters. The zero-order chi connectivity index (χ0) is 22.2. The summed E-state index contributed by atoms with van der Waals surface area (Å²) in [5, 5.41) is 0. The molecule has 0 aromatic heterocycles. The Balaban J connectivity index is 1.71. The lowest BCUT2D eigenvalue weighted by molar-refractivity contribution is 0.0627. The molecule has 0 saturated carbocycles. The molecule has 0 N–H and O–H groups in total. The summed E-state index contributed by atoms with van der Waals surface area (Å²) in [6.45, 7) is 13.4. The van der Waals surface area contributed by atoms with Crippen molar-refractivity contribution < 1.29 is 19.0 Å². The second kappa shape index (κ2) is 11.0. The summed E-state index contributed by atoms with van der Waals surface area (Å²) in [6, 6.07) is 12.0. The Morgan fingerprint density at radius 2 is 1.45 bits per heavy atom. The highest BCUT2D eigenvalue weighted by Crippen LogP contribution is 2.39. The number of aryl methyl sites for hydroxylation is 1. The maximum absolute atomic E-state index is 13.3. The Hall–Kier alpha value is -2.73. The van der Waals surface area contributed by atoms with Crippen molar-refractivity contribution in [2.24, 2.45) is 0 Å². The van der Waals surface area contributed by atoms with Crippen LogP contribution in [0.5, 0.6) is 17.2 Å². The van der Waals surface area contributed by atoms with Gasteiger partial charge in [0.1, 0.15) is 0 Å². The number of nitrogens with zero attached hydrogens (tertiary/aromatic N) is 2. The number of ether oxygens (including phenoxy) is 3. The SMILES string of the molecule is CCOc1cc(C(=O)N2CCN(Cc3ccccc3C)CC2)cc(OCC)c1OCC. The van der Waals surface area contributed by atoms with E-state index >= 15 is 0 Å². The second-order valence-corrected chi connectivity index (χ2v) is 7.60. The van der Waals surface area contributed by atoms with Crippen LogP contribution in [0.15, 0.2) is 36.4 Å². The van der Waals surface area contributed by atoms with Crippen LogP contribution in [-0.2, 0) is 6.54 Å². The zero-order valence-electron chi connectivity index (χ0n) is 19.1. The molecular weight excluding hydrogens is 392 g/mol. The van der Waals surface area contributed by atoms with Crippen molar-refractivity contribution in [3.8, 4) is 17.2 Å². The summed E-state index contributed by atoms with van der Waals surface area (Å²) < 4.78 is 17.3. The monoisotopic (exact) mass is 426 g/mol. The molecule has 1 saturated heterocycles. The van der Waals surface area contributed by atoms with E-state index < -0.39 is 0 Å². The first-order chi connectivity index (χ1) is 15.1. The highest BCUT2D eigenvalue weighted by Gasteiger charge is 2.25. The fourth-order valence-corrected chi connectivity index (χ4v) is 3.83. The third kappa shape index (κ3) is 5.70. The number of piperazine rings is 1. The predicted octanol–water partition coefficient (Wildman–Crippen LogP) is 4.15. The van der Waals surface area contributed by atoms with Crippen LogP contribution < -0.4 is 14.2 Å². The molecule has 0 radical (unpaired) electrons. The van der Waals surface area contributed by atoms with Crippen LogP contribution in [0.4, 0.5) is 0 Å². The Bertz CT molecular complexity index is 849. The third-order valence-electron chi connectivity index (χ3n) is 5.47. The molecule has 1 aliphatic rings. The molecule has 0 aliphatic carbocycles. The molecule has 0 bridgehead atoms. The average Bonchev–Trinajstić information content (AvgIpc) is 2.78. The fraction of sp³-hybridized carbons (Fsp3) is 0.480. The molecule has 2 aromatic rings. The largest absolute Gasteiger partial charge is 0.490 e. The topological polar surface area (TPSA) is 51.2 Å². The average molecular weight is 427 g/mol. The number of amides is 1. The van der Waals surface area contributed by atoms with Gasteiger partial charge in [0.2, 0.25) is 5.75 Å². The summed E-state index contributed by atoms with van der Waals surface area (Å²) in [7, 11) is 0. The lowest BCUT2D eigenvalue weighted by Gasteiger charge is -2.35. The van der Waals surface area contributed by atoms with E-state index in [0.29, 0.717) is 55.7 Å². The molecule has 6 heteroatoms. The molecule has 6 nitrogen and oxygen atoms in total. The maximum Gasteiger partial charge on any atom is 0.254 e. The lowest BCUT2D eigenvalue weighted by Crippen LogP contribution is -2.48. The number of hydrogen-bond acceptors (Lipinski definition) is 5. The maximum atomic E-state index is 13.3. The predicted molar refractivity (Wildman–Crippen MR) is 122 cm³/mol. The standard InChI is InChI=1S/C25H34N2O4/c1-5-29-22-16-21(17-23(30-6-2)24(22)31-7-3)25(28)27-14-12-26(13-15-27)18-20-11-9-8-10-19(20)4/h8-11,16-17H,5-7,12-15,18H2,1-4H3. The van der Waals surface area contributed by atoms with Gasteiger partial charge in [-0.1, -0.05) is 24.3 Å². The van der Waals surface area contributed by atoms with Crippen molar-refractivity contribution in [3.05, 3.63) is 53.1 Å². The van der Waals surface area contributed by atoms with Gasteiger partial charge in [-0.2, -0.15) is 0 Å². The van der Waals surface area contributed by atoms with Crippen LogP contribution in [0.25, 0.3) is 0 Å². The van der Waals surface area contributed by atoms with Crippen LogP contribution in [0.3, 0.4) is 0 Å². The van der Waals surface area contributed by atoms with Crippen molar-refractivity contribution in [2.75, 3.05) is 46.0 Å². The fourth-order valence-electron chi connectivity index (χ4n) is 3.83. The van der Waals surface area contributed by atoms with E-state index in [1.807, 2.05) is 25.7 Å². The third-order valence-corrected chi connectivity index (χ3v) is 5.47. The molecule has 1 fully saturated rings. The van der Waals surface area contributed by atoms with E-state index in [1.54, 1.807) is 12.1 Å². The highest BCUT2D eigenvalue weighted by atomic mass is 16.5. The minimum absolute atomic E-state index is 0.000459. The molecule has 31 heavy (non-hydrogen) atoms. The van der Waals surface area contributed by atoms with Gasteiger partial charge in [-0.05, 0) is 51.0 Å². The van der Waals surface area contributed by atoms with Crippen LogP contribution in [0.1, 0.15) is 42.3 Å². The van der Waals surface area contributed by atoms with Crippen molar-refractivity contribution >= 4 is 5.91 Å². The number of carbonyl (C=O) groups is 1. The smallest absolute Gasteiger partial charge is 0.254 e. The minimum Gasteiger partial charge on any atom is -0.490 e. The molecule has 3 rings (SSSR count). The molecule has 0 unspecified atom stereocenters. The summed E-state index contributed by atoms with van der Waals surface area (Å²) in [5.74, 6) is 1.67. The normalized spacial score (nSPS) is 14.4. The van der Waals surface area contributed by atoms with E-state index in [1.165, 1.54) is 11.1 Å². The Labute approximate surface area is 185 Å². The Morgan fingerprint density at radius 3 is 2.00 bits per heavy atom. The quantitative estimate of drug-likeness (QED) is 0.603. The minimum atomic E-state index is 0.000459. The van der Waals surface area contributed by atoms with Gasteiger partial charge >= 0.3 is 0 Å². The molecule has 2 aromatic carbocycles. The van der Waals surface area contributed by atoms with Crippen LogP contribution in [0.2, 0.25) is 0 Å². The first-order valence-electron chi connectivity index (χ1n) is 11.2. The van der Waals surface area contributed by atoms with Gasteiger partial charge in [-0.15, -0.1) is 0 Å². The van der Waals surface area contributed by atoms with Crippen molar-refractivity contribution in [1.29, 1.82) is 0 Å². The zero-order valence-corrected chi connectivity index (χ0v) is 19.1. The van der Waals surface area contributed by atoms with E-state index in [-0.39, 0.29) is 5.91 Å². The van der Waals surface area contributed by atoms with E-state index in [4.69, 9.17) is 14.2 Å². The first kappa shape index (κ1) is 22.9. The van der Waals surface area contributed by atoms with Crippen LogP contribution in [-0.4, -0.2) is 61.7 Å². The number of carbonyl (C=O) groups excluding carboxylic acids is 1. The number of benzene rings is 2. The molecular formula is C25H34N2O4. The summed E-state index contributed by atoms with van der Waals surface area (Å²) in [4.78, 5) is 17.6. The van der Waals surface area contributed by atoms with Gasteiger partial charge in [-0.25, -0.2) is 0 Å². The number of hydrogen-bond donors (Lipinski definition) is 0. The first-order valence-corrected chi connectivity index (χ1v) is 11.2.